The van der Waals surface area contributed by atoms with Crippen molar-refractivity contribution in [2.75, 3.05) is 6.26 Å². The molecular formula is C20H25NO6S2. The summed E-state index contributed by atoms with van der Waals surface area (Å²) in [6.45, 7) is 5.82. The molecule has 0 aliphatic rings. The summed E-state index contributed by atoms with van der Waals surface area (Å²) in [7, 11) is -8.16. The van der Waals surface area contributed by atoms with Crippen LogP contribution in [0.5, 0.6) is 0 Å². The summed E-state index contributed by atoms with van der Waals surface area (Å²) in [4.78, 5) is 17.9. The van der Waals surface area contributed by atoms with Crippen LogP contribution in [0, 0.1) is 5.92 Å². The van der Waals surface area contributed by atoms with Crippen LogP contribution in [-0.2, 0) is 35.9 Å². The fraction of sp³-hybridized carbons (Fsp3) is 0.350. The van der Waals surface area contributed by atoms with E-state index in [0.29, 0.717) is 11.5 Å². The van der Waals surface area contributed by atoms with E-state index in [1.807, 2.05) is 12.1 Å². The molecule has 1 atom stereocenters. The van der Waals surface area contributed by atoms with E-state index in [1.165, 1.54) is 18.2 Å². The number of sulfone groups is 1. The van der Waals surface area contributed by atoms with Crippen LogP contribution in [-0.4, -0.2) is 29.1 Å². The Morgan fingerprint density at radius 3 is 2.00 bits per heavy atom. The first-order valence-corrected chi connectivity index (χ1v) is 12.4. The van der Waals surface area contributed by atoms with Crippen LogP contribution in [0.2, 0.25) is 0 Å². The molecule has 9 heteroatoms. The third-order valence-electron chi connectivity index (χ3n) is 4.27. The standard InChI is InChI=1S/C20H25NO6S2/c1-14(2)13-16-9-11-17(12-10-16)15(3)20(22)27-21-29(25,26)19-8-6-5-7-18(19)28(4,23)24/h5-12,14-15,21H,13H2,1-4H3. The number of carbonyl (C=O) groups is 1. The predicted molar refractivity (Wildman–Crippen MR) is 109 cm³/mol. The number of sulfonamides is 1. The van der Waals surface area contributed by atoms with Gasteiger partial charge in [0.2, 0.25) is 0 Å². The van der Waals surface area contributed by atoms with Crippen LogP contribution in [0.4, 0.5) is 0 Å². The molecule has 0 radical (unpaired) electrons. The lowest BCUT2D eigenvalue weighted by Gasteiger charge is -2.14. The van der Waals surface area contributed by atoms with Crippen molar-refractivity contribution in [3.05, 3.63) is 59.7 Å². The smallest absolute Gasteiger partial charge is 0.333 e. The lowest BCUT2D eigenvalue weighted by Crippen LogP contribution is -2.30. The molecule has 0 saturated carbocycles. The molecule has 0 bridgehead atoms. The van der Waals surface area contributed by atoms with Gasteiger partial charge in [0.15, 0.2) is 9.84 Å². The Kier molecular flexibility index (Phi) is 7.20. The van der Waals surface area contributed by atoms with E-state index in [-0.39, 0.29) is 4.90 Å². The Morgan fingerprint density at radius 1 is 0.931 bits per heavy atom. The molecule has 1 unspecified atom stereocenters. The Balaban J connectivity index is 2.12. The first kappa shape index (κ1) is 23.1. The molecule has 2 aromatic rings. The van der Waals surface area contributed by atoms with Crippen molar-refractivity contribution >= 4 is 25.8 Å². The lowest BCUT2D eigenvalue weighted by molar-refractivity contribution is -0.148. The maximum Gasteiger partial charge on any atom is 0.333 e. The predicted octanol–water partition coefficient (Wildman–Crippen LogP) is 2.83. The molecular weight excluding hydrogens is 414 g/mol. The highest BCUT2D eigenvalue weighted by Crippen LogP contribution is 2.22. The van der Waals surface area contributed by atoms with Gasteiger partial charge in [-0.15, -0.1) is 0 Å². The minimum atomic E-state index is -4.38. The molecule has 0 fully saturated rings. The second kappa shape index (κ2) is 9.06. The van der Waals surface area contributed by atoms with Crippen molar-refractivity contribution < 1.29 is 26.5 Å². The topological polar surface area (TPSA) is 107 Å². The molecule has 0 aromatic heterocycles. The molecule has 0 aliphatic carbocycles. The normalized spacial score (nSPS) is 13.3. The fourth-order valence-electron chi connectivity index (χ4n) is 2.76. The summed E-state index contributed by atoms with van der Waals surface area (Å²) in [5.41, 5.74) is 1.82. The number of hydrogen-bond donors (Lipinski definition) is 1. The number of benzene rings is 2. The second-order valence-electron chi connectivity index (χ2n) is 7.29. The van der Waals surface area contributed by atoms with Gasteiger partial charge in [-0.3, -0.25) is 0 Å². The third kappa shape index (κ3) is 6.12. The van der Waals surface area contributed by atoms with Crippen LogP contribution in [0.15, 0.2) is 58.3 Å². The zero-order chi connectivity index (χ0) is 21.8. The van der Waals surface area contributed by atoms with E-state index < -0.39 is 36.6 Å². The molecule has 29 heavy (non-hydrogen) atoms. The fourth-order valence-corrected chi connectivity index (χ4v) is 5.17. The van der Waals surface area contributed by atoms with Crippen LogP contribution in [0.3, 0.4) is 0 Å². The van der Waals surface area contributed by atoms with Crippen LogP contribution >= 0.6 is 0 Å². The number of hydrogen-bond acceptors (Lipinski definition) is 6. The van der Waals surface area contributed by atoms with E-state index in [9.17, 15) is 21.6 Å². The van der Waals surface area contributed by atoms with Gasteiger partial charge in [0.1, 0.15) is 4.90 Å². The number of rotatable bonds is 8. The Hall–Kier alpha value is -2.23. The Morgan fingerprint density at radius 2 is 1.48 bits per heavy atom. The third-order valence-corrected chi connectivity index (χ3v) is 6.79. The average molecular weight is 440 g/mol. The average Bonchev–Trinajstić information content (AvgIpc) is 2.65. The van der Waals surface area contributed by atoms with E-state index >= 15 is 0 Å². The molecule has 7 nitrogen and oxygen atoms in total. The molecule has 0 aliphatic heterocycles. The largest absolute Gasteiger partial charge is 0.355 e. The van der Waals surface area contributed by atoms with Gasteiger partial charge < -0.3 is 4.84 Å². The van der Waals surface area contributed by atoms with Gasteiger partial charge in [0.05, 0.1) is 10.8 Å². The van der Waals surface area contributed by atoms with Crippen molar-refractivity contribution in [1.29, 1.82) is 0 Å². The highest BCUT2D eigenvalue weighted by molar-refractivity contribution is 7.93. The monoisotopic (exact) mass is 439 g/mol. The molecule has 0 amide bonds. The van der Waals surface area contributed by atoms with E-state index in [0.717, 1.165) is 24.3 Å². The Bertz CT molecular complexity index is 1070. The van der Waals surface area contributed by atoms with Crippen molar-refractivity contribution in [1.82, 2.24) is 4.89 Å². The van der Waals surface area contributed by atoms with Gasteiger partial charge in [-0.1, -0.05) is 50.2 Å². The summed E-state index contributed by atoms with van der Waals surface area (Å²) in [5, 5.41) is 0. The van der Waals surface area contributed by atoms with Crippen molar-refractivity contribution in [2.24, 2.45) is 5.92 Å². The molecule has 1 N–H and O–H groups in total. The van der Waals surface area contributed by atoms with E-state index in [4.69, 9.17) is 4.84 Å². The van der Waals surface area contributed by atoms with Gasteiger partial charge >= 0.3 is 5.97 Å². The van der Waals surface area contributed by atoms with E-state index in [1.54, 1.807) is 23.9 Å². The molecule has 158 valence electrons. The minimum Gasteiger partial charge on any atom is -0.355 e. The van der Waals surface area contributed by atoms with Crippen molar-refractivity contribution in [3.8, 4) is 0 Å². The number of nitrogens with one attached hydrogen (secondary N) is 1. The van der Waals surface area contributed by atoms with Crippen LogP contribution in [0.1, 0.15) is 37.8 Å². The molecule has 0 saturated heterocycles. The van der Waals surface area contributed by atoms with Gasteiger partial charge in [0.25, 0.3) is 10.0 Å². The van der Waals surface area contributed by atoms with E-state index in [2.05, 4.69) is 13.8 Å². The zero-order valence-electron chi connectivity index (χ0n) is 16.7. The Labute approximate surface area is 172 Å². The molecule has 2 aromatic carbocycles. The van der Waals surface area contributed by atoms with Crippen LogP contribution in [0.25, 0.3) is 0 Å². The van der Waals surface area contributed by atoms with Crippen molar-refractivity contribution in [3.63, 3.8) is 0 Å². The van der Waals surface area contributed by atoms with Gasteiger partial charge in [-0.2, -0.15) is 0 Å². The van der Waals surface area contributed by atoms with Gasteiger partial charge in [-0.05, 0) is 47.4 Å². The highest BCUT2D eigenvalue weighted by Gasteiger charge is 2.26. The SMILES string of the molecule is CC(C)Cc1ccc(C(C)C(=O)ONS(=O)(=O)c2ccccc2S(C)(=O)=O)cc1. The summed E-state index contributed by atoms with van der Waals surface area (Å²) in [5.74, 6) is -1.01. The molecule has 0 spiro atoms. The molecule has 2 rings (SSSR count). The quantitative estimate of drug-likeness (QED) is 0.634. The summed E-state index contributed by atoms with van der Waals surface area (Å²) in [6, 6.07) is 12.5. The highest BCUT2D eigenvalue weighted by atomic mass is 32.2. The summed E-state index contributed by atoms with van der Waals surface area (Å²) < 4.78 is 48.6. The maximum atomic E-state index is 12.5. The van der Waals surface area contributed by atoms with Gasteiger partial charge in [-0.25, -0.2) is 21.6 Å². The minimum absolute atomic E-state index is 0.377. The zero-order valence-corrected chi connectivity index (χ0v) is 18.4. The summed E-state index contributed by atoms with van der Waals surface area (Å²) in [6.07, 6.45) is 1.82. The second-order valence-corrected chi connectivity index (χ2v) is 10.9. The number of carbonyl (C=O) groups excluding carboxylic acids is 1. The maximum absolute atomic E-state index is 12.5. The molecule has 0 heterocycles. The summed E-state index contributed by atoms with van der Waals surface area (Å²) >= 11 is 0. The first-order valence-electron chi connectivity index (χ1n) is 9.02. The first-order chi connectivity index (χ1) is 13.4. The van der Waals surface area contributed by atoms with Crippen LogP contribution < -0.4 is 4.89 Å². The van der Waals surface area contributed by atoms with Gasteiger partial charge in [0, 0.05) is 6.26 Å². The lowest BCUT2D eigenvalue weighted by atomic mass is 9.97. The van der Waals surface area contributed by atoms with Crippen molar-refractivity contribution in [2.45, 2.75) is 42.9 Å².